The normalized spacial score (nSPS) is 27.6. The molecule has 1 unspecified atom stereocenters. The minimum atomic E-state index is 0.205. The SMILES string of the molecule is O=C(CN1CCCC(c2noc(C3CC3)n2)C1)NC(C1CC1)C1CC1. The van der Waals surface area contributed by atoms with Crippen molar-refractivity contribution in [2.24, 2.45) is 11.8 Å². The first kappa shape index (κ1) is 15.8. The molecule has 1 aromatic heterocycles. The van der Waals surface area contributed by atoms with Gasteiger partial charge >= 0.3 is 0 Å². The second kappa shape index (κ2) is 6.38. The lowest BCUT2D eigenvalue weighted by Crippen LogP contribution is -2.46. The number of rotatable bonds is 7. The minimum Gasteiger partial charge on any atom is -0.352 e. The zero-order chi connectivity index (χ0) is 16.8. The lowest BCUT2D eigenvalue weighted by Gasteiger charge is -2.31. The van der Waals surface area contributed by atoms with E-state index in [2.05, 4.69) is 20.4 Å². The Labute approximate surface area is 148 Å². The third-order valence-corrected chi connectivity index (χ3v) is 6.21. The Morgan fingerprint density at radius 2 is 1.88 bits per heavy atom. The van der Waals surface area contributed by atoms with Crippen LogP contribution in [0.4, 0.5) is 0 Å². The van der Waals surface area contributed by atoms with Crippen LogP contribution in [0.1, 0.15) is 74.9 Å². The Morgan fingerprint density at radius 3 is 2.56 bits per heavy atom. The molecule has 0 radical (unpaired) electrons. The van der Waals surface area contributed by atoms with Crippen molar-refractivity contribution in [3.63, 3.8) is 0 Å². The van der Waals surface area contributed by atoms with Crippen molar-refractivity contribution in [3.05, 3.63) is 11.7 Å². The molecule has 3 aliphatic carbocycles. The highest BCUT2D eigenvalue weighted by atomic mass is 16.5. The van der Waals surface area contributed by atoms with Gasteiger partial charge in [-0.3, -0.25) is 9.69 Å². The number of carbonyl (C=O) groups excluding carboxylic acids is 1. The molecule has 0 bridgehead atoms. The van der Waals surface area contributed by atoms with Gasteiger partial charge in [0.2, 0.25) is 11.8 Å². The molecule has 5 rings (SSSR count). The number of aromatic nitrogens is 2. The monoisotopic (exact) mass is 344 g/mol. The molecule has 3 saturated carbocycles. The summed E-state index contributed by atoms with van der Waals surface area (Å²) in [5.41, 5.74) is 0. The van der Waals surface area contributed by atoms with Crippen LogP contribution in [0, 0.1) is 11.8 Å². The Kier molecular flexibility index (Phi) is 4.03. The van der Waals surface area contributed by atoms with Gasteiger partial charge in [-0.2, -0.15) is 4.98 Å². The number of hydrogen-bond acceptors (Lipinski definition) is 5. The van der Waals surface area contributed by atoms with E-state index >= 15 is 0 Å². The number of piperidine rings is 1. The van der Waals surface area contributed by atoms with Crippen LogP contribution in [0.15, 0.2) is 4.52 Å². The summed E-state index contributed by atoms with van der Waals surface area (Å²) in [6.45, 7) is 2.38. The summed E-state index contributed by atoms with van der Waals surface area (Å²) in [5, 5.41) is 7.55. The van der Waals surface area contributed by atoms with Gasteiger partial charge < -0.3 is 9.84 Å². The summed E-state index contributed by atoms with van der Waals surface area (Å²) < 4.78 is 5.42. The zero-order valence-electron chi connectivity index (χ0n) is 14.8. The highest BCUT2D eigenvalue weighted by molar-refractivity contribution is 5.78. The van der Waals surface area contributed by atoms with Gasteiger partial charge in [0, 0.05) is 24.4 Å². The third kappa shape index (κ3) is 3.73. The van der Waals surface area contributed by atoms with E-state index in [1.807, 2.05) is 0 Å². The average molecular weight is 344 g/mol. The Hall–Kier alpha value is -1.43. The predicted molar refractivity (Wildman–Crippen MR) is 92.1 cm³/mol. The highest BCUT2D eigenvalue weighted by Gasteiger charge is 2.42. The predicted octanol–water partition coefficient (Wildman–Crippen LogP) is 2.43. The first-order valence-corrected chi connectivity index (χ1v) is 10.1. The Bertz CT molecular complexity index is 621. The number of carbonyl (C=O) groups is 1. The maximum atomic E-state index is 12.5. The first-order valence-electron chi connectivity index (χ1n) is 10.1. The van der Waals surface area contributed by atoms with E-state index in [-0.39, 0.29) is 5.91 Å². The molecule has 6 nitrogen and oxygen atoms in total. The molecule has 2 heterocycles. The van der Waals surface area contributed by atoms with Crippen molar-refractivity contribution in [1.82, 2.24) is 20.4 Å². The highest BCUT2D eigenvalue weighted by Crippen LogP contribution is 2.44. The number of amides is 1. The molecule has 6 heteroatoms. The molecule has 0 aromatic carbocycles. The number of hydrogen-bond donors (Lipinski definition) is 1. The molecule has 1 aliphatic heterocycles. The summed E-state index contributed by atoms with van der Waals surface area (Å²) in [6.07, 6.45) is 9.75. The van der Waals surface area contributed by atoms with E-state index in [1.165, 1.54) is 38.5 Å². The molecule has 136 valence electrons. The molecule has 1 amide bonds. The van der Waals surface area contributed by atoms with Gasteiger partial charge in [-0.15, -0.1) is 0 Å². The summed E-state index contributed by atoms with van der Waals surface area (Å²) >= 11 is 0. The molecule has 4 aliphatic rings. The maximum Gasteiger partial charge on any atom is 0.234 e. The molecule has 1 saturated heterocycles. The average Bonchev–Trinajstić information content (AvgIpc) is 3.47. The van der Waals surface area contributed by atoms with Gasteiger partial charge in [0.25, 0.3) is 0 Å². The quantitative estimate of drug-likeness (QED) is 0.822. The van der Waals surface area contributed by atoms with Gasteiger partial charge in [0.1, 0.15) is 0 Å². The van der Waals surface area contributed by atoms with Gasteiger partial charge in [-0.1, -0.05) is 5.16 Å². The molecule has 25 heavy (non-hydrogen) atoms. The van der Waals surface area contributed by atoms with Crippen LogP contribution in [0.5, 0.6) is 0 Å². The molecule has 1 atom stereocenters. The van der Waals surface area contributed by atoms with Gasteiger partial charge in [-0.25, -0.2) is 0 Å². The standard InChI is InChI=1S/C19H28N4O2/c24-16(20-17(12-3-4-12)13-5-6-13)11-23-9-1-2-15(10-23)18-21-19(25-22-18)14-7-8-14/h12-15,17H,1-11H2,(H,20,24). The second-order valence-corrected chi connectivity index (χ2v) is 8.61. The second-order valence-electron chi connectivity index (χ2n) is 8.61. The summed E-state index contributed by atoms with van der Waals surface area (Å²) in [4.78, 5) is 19.4. The van der Waals surface area contributed by atoms with Crippen molar-refractivity contribution in [2.45, 2.75) is 69.2 Å². The number of nitrogens with one attached hydrogen (secondary N) is 1. The summed E-state index contributed by atoms with van der Waals surface area (Å²) in [6, 6.07) is 0.450. The molecular weight excluding hydrogens is 316 g/mol. The van der Waals surface area contributed by atoms with Crippen molar-refractivity contribution in [1.29, 1.82) is 0 Å². The molecule has 1 N–H and O–H groups in total. The van der Waals surface area contributed by atoms with Crippen molar-refractivity contribution >= 4 is 5.91 Å². The lowest BCUT2D eigenvalue weighted by molar-refractivity contribution is -0.123. The Morgan fingerprint density at radius 1 is 1.12 bits per heavy atom. The van der Waals surface area contributed by atoms with Gasteiger partial charge in [0.05, 0.1) is 6.54 Å². The van der Waals surface area contributed by atoms with E-state index < -0.39 is 0 Å². The third-order valence-electron chi connectivity index (χ3n) is 6.21. The lowest BCUT2D eigenvalue weighted by atomic mass is 9.97. The fourth-order valence-corrected chi connectivity index (χ4v) is 4.28. The molecule has 4 fully saturated rings. The van der Waals surface area contributed by atoms with Crippen LogP contribution < -0.4 is 5.32 Å². The summed E-state index contributed by atoms with van der Waals surface area (Å²) in [5.74, 6) is 4.20. The van der Waals surface area contributed by atoms with Gasteiger partial charge in [-0.05, 0) is 69.7 Å². The topological polar surface area (TPSA) is 71.3 Å². The minimum absolute atomic E-state index is 0.205. The van der Waals surface area contributed by atoms with Crippen LogP contribution in [-0.4, -0.2) is 46.6 Å². The maximum absolute atomic E-state index is 12.5. The van der Waals surface area contributed by atoms with E-state index in [1.54, 1.807) is 0 Å². The molecule has 1 aromatic rings. The van der Waals surface area contributed by atoms with Crippen LogP contribution in [0.2, 0.25) is 0 Å². The Balaban J connectivity index is 1.15. The van der Waals surface area contributed by atoms with E-state index in [0.717, 1.165) is 49.5 Å². The van der Waals surface area contributed by atoms with Crippen molar-refractivity contribution in [2.75, 3.05) is 19.6 Å². The molecular formula is C19H28N4O2. The largest absolute Gasteiger partial charge is 0.352 e. The van der Waals surface area contributed by atoms with Crippen LogP contribution in [-0.2, 0) is 4.79 Å². The summed E-state index contributed by atoms with van der Waals surface area (Å²) in [7, 11) is 0. The smallest absolute Gasteiger partial charge is 0.234 e. The number of nitrogens with zero attached hydrogens (tertiary/aromatic N) is 3. The van der Waals surface area contributed by atoms with Crippen molar-refractivity contribution < 1.29 is 9.32 Å². The van der Waals surface area contributed by atoms with E-state index in [0.29, 0.717) is 24.4 Å². The van der Waals surface area contributed by atoms with Gasteiger partial charge in [0.15, 0.2) is 5.82 Å². The fourth-order valence-electron chi connectivity index (χ4n) is 4.28. The van der Waals surface area contributed by atoms with Crippen LogP contribution >= 0.6 is 0 Å². The van der Waals surface area contributed by atoms with E-state index in [4.69, 9.17) is 4.52 Å². The van der Waals surface area contributed by atoms with Crippen LogP contribution in [0.3, 0.4) is 0 Å². The van der Waals surface area contributed by atoms with E-state index in [9.17, 15) is 4.79 Å². The zero-order valence-corrected chi connectivity index (χ0v) is 14.8. The van der Waals surface area contributed by atoms with Crippen LogP contribution in [0.25, 0.3) is 0 Å². The molecule has 0 spiro atoms. The first-order chi connectivity index (χ1) is 12.3. The fraction of sp³-hybridized carbons (Fsp3) is 0.842. The number of likely N-dealkylation sites (tertiary alicyclic amines) is 1. The van der Waals surface area contributed by atoms with Crippen molar-refractivity contribution in [3.8, 4) is 0 Å².